The molecule has 0 aliphatic carbocycles. The molecule has 0 amide bonds. The lowest BCUT2D eigenvalue weighted by molar-refractivity contribution is 0.0701. The molecule has 2 aromatic heterocycles. The van der Waals surface area contributed by atoms with E-state index in [1.54, 1.807) is 14.0 Å². The van der Waals surface area contributed by atoms with Gasteiger partial charge in [0.15, 0.2) is 0 Å². The maximum Gasteiger partial charge on any atom is 0.346 e. The Balaban J connectivity index is 2.61. The molecule has 6 nitrogen and oxygen atoms in total. The minimum atomic E-state index is -1.03. The number of nitrogens with zero attached hydrogens (tertiary/aromatic N) is 2. The quantitative estimate of drug-likeness (QED) is 0.919. The Bertz CT molecular complexity index is 689. The Hall–Kier alpha value is -1.73. The third kappa shape index (κ3) is 2.39. The molecule has 1 unspecified atom stereocenters. The number of carboxylic acids is 1. The first-order valence-electron chi connectivity index (χ1n) is 5.70. The van der Waals surface area contributed by atoms with Gasteiger partial charge in [-0.15, -0.1) is 11.3 Å². The Morgan fingerprint density at radius 3 is 2.89 bits per heavy atom. The van der Waals surface area contributed by atoms with E-state index in [0.717, 1.165) is 11.3 Å². The smallest absolute Gasteiger partial charge is 0.346 e. The molecule has 2 aromatic rings. The first-order chi connectivity index (χ1) is 8.95. The largest absolute Gasteiger partial charge is 0.477 e. The second kappa shape index (κ2) is 5.10. The summed E-state index contributed by atoms with van der Waals surface area (Å²) in [6.45, 7) is 3.87. The number of thiophene rings is 1. The van der Waals surface area contributed by atoms with Crippen LogP contribution in [0.3, 0.4) is 0 Å². The second-order valence-corrected chi connectivity index (χ2v) is 5.29. The Morgan fingerprint density at radius 2 is 2.32 bits per heavy atom. The van der Waals surface area contributed by atoms with Crippen LogP contribution in [-0.4, -0.2) is 33.8 Å². The number of carbonyl (C=O) groups is 1. The van der Waals surface area contributed by atoms with E-state index >= 15 is 0 Å². The Labute approximate surface area is 113 Å². The van der Waals surface area contributed by atoms with Gasteiger partial charge < -0.3 is 9.84 Å². The van der Waals surface area contributed by atoms with Crippen LogP contribution in [0.25, 0.3) is 10.2 Å². The van der Waals surface area contributed by atoms with E-state index in [2.05, 4.69) is 4.98 Å². The molecule has 1 N–H and O–H groups in total. The number of aromatic carboxylic acids is 1. The standard InChI is InChI=1S/C12H14N2O4S/c1-6(18-3)4-14-5-13-10-8(11(14)15)7(2)9(19-10)12(16)17/h5-6H,4H2,1-3H3,(H,16,17). The summed E-state index contributed by atoms with van der Waals surface area (Å²) >= 11 is 1.02. The second-order valence-electron chi connectivity index (χ2n) is 4.29. The van der Waals surface area contributed by atoms with Crippen molar-refractivity contribution in [2.24, 2.45) is 0 Å². The molecule has 0 saturated heterocycles. The molecule has 2 rings (SSSR count). The molecule has 1 atom stereocenters. The van der Waals surface area contributed by atoms with E-state index in [9.17, 15) is 9.59 Å². The molecule has 0 aliphatic rings. The fourth-order valence-electron chi connectivity index (χ4n) is 1.84. The van der Waals surface area contributed by atoms with Crippen molar-refractivity contribution in [3.05, 3.63) is 27.1 Å². The van der Waals surface area contributed by atoms with Gasteiger partial charge in [0, 0.05) is 7.11 Å². The lowest BCUT2D eigenvalue weighted by Crippen LogP contribution is -2.26. The molecule has 0 aliphatic heterocycles. The number of aryl methyl sites for hydroxylation is 1. The van der Waals surface area contributed by atoms with Crippen LogP contribution in [0.5, 0.6) is 0 Å². The van der Waals surface area contributed by atoms with Gasteiger partial charge >= 0.3 is 5.97 Å². The topological polar surface area (TPSA) is 81.4 Å². The third-order valence-electron chi connectivity index (χ3n) is 2.97. The van der Waals surface area contributed by atoms with E-state index in [4.69, 9.17) is 9.84 Å². The van der Waals surface area contributed by atoms with E-state index in [1.807, 2.05) is 6.92 Å². The predicted molar refractivity (Wildman–Crippen MR) is 72.0 cm³/mol. The number of carboxylic acid groups (broad SMARTS) is 1. The number of ether oxygens (including phenoxy) is 1. The highest BCUT2D eigenvalue weighted by atomic mass is 32.1. The highest BCUT2D eigenvalue weighted by Crippen LogP contribution is 2.26. The maximum atomic E-state index is 12.3. The molecule has 102 valence electrons. The summed E-state index contributed by atoms with van der Waals surface area (Å²) in [5, 5.41) is 9.45. The zero-order chi connectivity index (χ0) is 14.2. The predicted octanol–water partition coefficient (Wildman–Crippen LogP) is 1.50. The SMILES string of the molecule is COC(C)Cn1cnc2sc(C(=O)O)c(C)c2c1=O. The van der Waals surface area contributed by atoms with Crippen LogP contribution in [-0.2, 0) is 11.3 Å². The lowest BCUT2D eigenvalue weighted by atomic mass is 10.2. The van der Waals surface area contributed by atoms with Gasteiger partial charge in [-0.1, -0.05) is 0 Å². The monoisotopic (exact) mass is 282 g/mol. The molecule has 7 heteroatoms. The highest BCUT2D eigenvalue weighted by Gasteiger charge is 2.19. The molecule has 19 heavy (non-hydrogen) atoms. The van der Waals surface area contributed by atoms with E-state index < -0.39 is 5.97 Å². The molecular weight excluding hydrogens is 268 g/mol. The van der Waals surface area contributed by atoms with Crippen LogP contribution in [0.2, 0.25) is 0 Å². The van der Waals surface area contributed by atoms with Crippen LogP contribution in [0.4, 0.5) is 0 Å². The van der Waals surface area contributed by atoms with Crippen molar-refractivity contribution in [1.29, 1.82) is 0 Å². The minimum absolute atomic E-state index is 0.116. The first kappa shape index (κ1) is 13.7. The van der Waals surface area contributed by atoms with Crippen LogP contribution in [0.15, 0.2) is 11.1 Å². The van der Waals surface area contributed by atoms with Gasteiger partial charge in [0.1, 0.15) is 9.71 Å². The summed E-state index contributed by atoms with van der Waals surface area (Å²) in [7, 11) is 1.57. The van der Waals surface area contributed by atoms with Crippen LogP contribution in [0, 0.1) is 6.92 Å². The van der Waals surface area contributed by atoms with Gasteiger partial charge in [-0.25, -0.2) is 9.78 Å². The molecule has 0 saturated carbocycles. The zero-order valence-corrected chi connectivity index (χ0v) is 11.7. The van der Waals surface area contributed by atoms with Gasteiger partial charge in [0.2, 0.25) is 0 Å². The number of aromatic nitrogens is 2. The van der Waals surface area contributed by atoms with E-state index in [1.165, 1.54) is 10.9 Å². The summed E-state index contributed by atoms with van der Waals surface area (Å²) in [5.41, 5.74) is 0.250. The third-order valence-corrected chi connectivity index (χ3v) is 4.16. The van der Waals surface area contributed by atoms with Gasteiger partial charge in [0.25, 0.3) is 5.56 Å². The minimum Gasteiger partial charge on any atom is -0.477 e. The number of hydrogen-bond acceptors (Lipinski definition) is 5. The van der Waals surface area contributed by atoms with Crippen LogP contribution < -0.4 is 5.56 Å². The maximum absolute atomic E-state index is 12.3. The fourth-order valence-corrected chi connectivity index (χ4v) is 2.82. The molecule has 0 aromatic carbocycles. The van der Waals surface area contributed by atoms with Crippen molar-refractivity contribution in [2.45, 2.75) is 26.5 Å². The van der Waals surface area contributed by atoms with Crippen LogP contribution in [0.1, 0.15) is 22.2 Å². The van der Waals surface area contributed by atoms with E-state index in [0.29, 0.717) is 22.3 Å². The summed E-state index contributed by atoms with van der Waals surface area (Å²) in [5.74, 6) is -1.03. The van der Waals surface area contributed by atoms with Gasteiger partial charge in [-0.2, -0.15) is 0 Å². The van der Waals surface area contributed by atoms with Gasteiger partial charge in [-0.3, -0.25) is 9.36 Å². The van der Waals surface area contributed by atoms with Gasteiger partial charge in [0.05, 0.1) is 24.4 Å². The van der Waals surface area contributed by atoms with Crippen molar-refractivity contribution in [2.75, 3.05) is 7.11 Å². The molecule has 0 fully saturated rings. The zero-order valence-electron chi connectivity index (χ0n) is 10.8. The highest BCUT2D eigenvalue weighted by molar-refractivity contribution is 7.20. The van der Waals surface area contributed by atoms with Crippen molar-refractivity contribution in [3.63, 3.8) is 0 Å². The number of rotatable bonds is 4. The molecule has 0 radical (unpaired) electrons. The average Bonchev–Trinajstić information content (AvgIpc) is 2.71. The number of fused-ring (bicyclic) bond motifs is 1. The normalized spacial score (nSPS) is 12.8. The van der Waals surface area contributed by atoms with Crippen molar-refractivity contribution < 1.29 is 14.6 Å². The Kier molecular flexibility index (Phi) is 3.68. The lowest BCUT2D eigenvalue weighted by Gasteiger charge is -2.11. The molecule has 0 bridgehead atoms. The van der Waals surface area contributed by atoms with Crippen molar-refractivity contribution in [1.82, 2.24) is 9.55 Å². The first-order valence-corrected chi connectivity index (χ1v) is 6.52. The summed E-state index contributed by atoms with van der Waals surface area (Å²) in [4.78, 5) is 28.2. The van der Waals surface area contributed by atoms with Crippen molar-refractivity contribution in [3.8, 4) is 0 Å². The number of methoxy groups -OCH3 is 1. The molecule has 0 spiro atoms. The summed E-state index contributed by atoms with van der Waals surface area (Å²) < 4.78 is 6.56. The Morgan fingerprint density at radius 1 is 1.63 bits per heavy atom. The van der Waals surface area contributed by atoms with Gasteiger partial charge in [-0.05, 0) is 19.4 Å². The average molecular weight is 282 g/mol. The molecular formula is C12H14N2O4S. The summed E-state index contributed by atoms with van der Waals surface area (Å²) in [6, 6.07) is 0. The number of hydrogen-bond donors (Lipinski definition) is 1. The molecule has 2 heterocycles. The van der Waals surface area contributed by atoms with Crippen molar-refractivity contribution >= 4 is 27.5 Å². The summed E-state index contributed by atoms with van der Waals surface area (Å²) in [6.07, 6.45) is 1.32. The van der Waals surface area contributed by atoms with E-state index in [-0.39, 0.29) is 16.5 Å². The van der Waals surface area contributed by atoms with Crippen LogP contribution >= 0.6 is 11.3 Å². The fraction of sp³-hybridized carbons (Fsp3) is 0.417.